The summed E-state index contributed by atoms with van der Waals surface area (Å²) >= 11 is 0. The van der Waals surface area contributed by atoms with Gasteiger partial charge in [0.2, 0.25) is 0 Å². The van der Waals surface area contributed by atoms with E-state index in [0.29, 0.717) is 14.7 Å². The summed E-state index contributed by atoms with van der Waals surface area (Å²) < 4.78 is 67.9. The highest BCUT2D eigenvalue weighted by Crippen LogP contribution is 2.86. The minimum absolute atomic E-state index is 0.0293. The zero-order valence-corrected chi connectivity index (χ0v) is 23.5. The first-order valence-corrected chi connectivity index (χ1v) is 16.6. The second kappa shape index (κ2) is 9.39. The van der Waals surface area contributed by atoms with E-state index >= 15 is 8.78 Å². The minimum atomic E-state index is -6.20. The van der Waals surface area contributed by atoms with Gasteiger partial charge in [-0.3, -0.25) is 9.35 Å². The molecule has 4 aliphatic rings. The van der Waals surface area contributed by atoms with Gasteiger partial charge in [-0.15, -0.1) is 10.0 Å². The van der Waals surface area contributed by atoms with Crippen molar-refractivity contribution >= 4 is 26.1 Å². The molecule has 0 radical (unpaired) electrons. The van der Waals surface area contributed by atoms with E-state index in [9.17, 15) is 22.9 Å². The van der Waals surface area contributed by atoms with Crippen molar-refractivity contribution in [3.63, 3.8) is 0 Å². The SMILES string of the molecule is O=C(O)C(C12CC3CC(CC(C3)C1)C2)(C(F)(F)S(=O)(=O)O)S(c1ccccc1)(c1ccccc1)c1ccccc1. The fourth-order valence-corrected chi connectivity index (χ4v) is 15.3. The van der Waals surface area contributed by atoms with Crippen molar-refractivity contribution in [1.82, 2.24) is 0 Å². The van der Waals surface area contributed by atoms with E-state index in [1.165, 1.54) is 0 Å². The van der Waals surface area contributed by atoms with Gasteiger partial charge in [-0.25, -0.2) is 0 Å². The van der Waals surface area contributed by atoms with Gasteiger partial charge in [0.1, 0.15) is 0 Å². The Morgan fingerprint density at radius 1 is 0.700 bits per heavy atom. The second-order valence-electron chi connectivity index (χ2n) is 11.7. The second-order valence-corrected chi connectivity index (χ2v) is 16.4. The van der Waals surface area contributed by atoms with Gasteiger partial charge in [-0.05, 0) is 107 Å². The van der Waals surface area contributed by atoms with Crippen LogP contribution in [0.25, 0.3) is 0 Å². The van der Waals surface area contributed by atoms with Gasteiger partial charge >= 0.3 is 21.3 Å². The van der Waals surface area contributed by atoms with Crippen LogP contribution in [0.3, 0.4) is 0 Å². The van der Waals surface area contributed by atoms with Crippen LogP contribution in [0.5, 0.6) is 0 Å². The summed E-state index contributed by atoms with van der Waals surface area (Å²) in [4.78, 5) is 15.1. The lowest BCUT2D eigenvalue weighted by Crippen LogP contribution is -2.72. The Balaban J connectivity index is 1.88. The van der Waals surface area contributed by atoms with Crippen LogP contribution in [0, 0.1) is 23.2 Å². The van der Waals surface area contributed by atoms with Gasteiger partial charge in [0.25, 0.3) is 0 Å². The van der Waals surface area contributed by atoms with Crippen LogP contribution in [0.2, 0.25) is 0 Å². The molecule has 0 aliphatic heterocycles. The molecule has 0 aromatic heterocycles. The highest BCUT2D eigenvalue weighted by atomic mass is 32.3. The van der Waals surface area contributed by atoms with E-state index in [1.54, 1.807) is 91.0 Å². The molecule has 40 heavy (non-hydrogen) atoms. The third-order valence-corrected chi connectivity index (χ3v) is 15.4. The number of aliphatic carboxylic acids is 1. The molecule has 5 nitrogen and oxygen atoms in total. The largest absolute Gasteiger partial charge is 0.480 e. The Morgan fingerprint density at radius 2 is 1.02 bits per heavy atom. The van der Waals surface area contributed by atoms with E-state index in [4.69, 9.17) is 0 Å². The first kappa shape index (κ1) is 27.4. The normalized spacial score (nSPS) is 28.1. The summed E-state index contributed by atoms with van der Waals surface area (Å²) in [5.41, 5.74) is -1.58. The molecule has 4 fully saturated rings. The zero-order valence-electron chi connectivity index (χ0n) is 21.8. The molecule has 0 spiro atoms. The highest BCUT2D eigenvalue weighted by Gasteiger charge is 2.83. The Hall–Kier alpha value is -2.75. The van der Waals surface area contributed by atoms with Gasteiger partial charge in [0, 0.05) is 5.41 Å². The molecule has 4 bridgehead atoms. The summed E-state index contributed by atoms with van der Waals surface area (Å²) in [6, 6.07) is 25.0. The molecule has 2 N–H and O–H groups in total. The lowest BCUT2D eigenvalue weighted by atomic mass is 9.46. The van der Waals surface area contributed by atoms with E-state index < -0.39 is 41.5 Å². The van der Waals surface area contributed by atoms with Crippen LogP contribution < -0.4 is 0 Å². The van der Waals surface area contributed by atoms with E-state index in [0.717, 1.165) is 19.3 Å². The number of hydrogen-bond acceptors (Lipinski definition) is 3. The average Bonchev–Trinajstić information content (AvgIpc) is 2.91. The summed E-state index contributed by atoms with van der Waals surface area (Å²) in [5, 5.41) is 6.45. The first-order valence-electron chi connectivity index (χ1n) is 13.6. The van der Waals surface area contributed by atoms with Gasteiger partial charge in [-0.1, -0.05) is 54.6 Å². The molecule has 9 heteroatoms. The molecule has 7 rings (SSSR count). The molecule has 3 aromatic rings. The van der Waals surface area contributed by atoms with Crippen molar-refractivity contribution < 1.29 is 31.7 Å². The molecule has 0 saturated heterocycles. The molecule has 0 amide bonds. The standard InChI is InChI=1S/C31H32F2O5S2/c32-31(33,40(36,37)38)30(28(34)35,29-19-22-16-23(20-29)18-24(17-22)21-29)39(25-10-4-1-5-11-25,26-12-6-2-7-13-26)27-14-8-3-9-15-27/h1-15,22-24H,16-21H2,(H,34,35)(H,36,37,38). The van der Waals surface area contributed by atoms with Crippen molar-refractivity contribution in [2.45, 2.75) is 63.2 Å². The molecule has 4 aliphatic carbocycles. The van der Waals surface area contributed by atoms with Crippen LogP contribution in [0.1, 0.15) is 38.5 Å². The molecule has 3 aromatic carbocycles. The van der Waals surface area contributed by atoms with Crippen LogP contribution in [-0.2, 0) is 14.9 Å². The molecule has 1 unspecified atom stereocenters. The minimum Gasteiger partial charge on any atom is -0.480 e. The quantitative estimate of drug-likeness (QED) is 0.267. The molecule has 0 heterocycles. The van der Waals surface area contributed by atoms with Crippen molar-refractivity contribution in [2.75, 3.05) is 0 Å². The number of benzene rings is 3. The maximum Gasteiger partial charge on any atom is 0.394 e. The first-order chi connectivity index (χ1) is 19.0. The van der Waals surface area contributed by atoms with Crippen molar-refractivity contribution in [2.24, 2.45) is 23.2 Å². The highest BCUT2D eigenvalue weighted by molar-refractivity contribution is 8.35. The topological polar surface area (TPSA) is 91.7 Å². The zero-order chi connectivity index (χ0) is 28.4. The summed E-state index contributed by atoms with van der Waals surface area (Å²) in [7, 11) is -9.83. The number of carboxylic acid groups (broad SMARTS) is 1. The van der Waals surface area contributed by atoms with E-state index in [2.05, 4.69) is 0 Å². The third kappa shape index (κ3) is 3.53. The third-order valence-electron chi connectivity index (χ3n) is 9.57. The average molecular weight is 587 g/mol. The predicted octanol–water partition coefficient (Wildman–Crippen LogP) is 7.49. The predicted molar refractivity (Wildman–Crippen MR) is 149 cm³/mol. The van der Waals surface area contributed by atoms with Crippen molar-refractivity contribution in [3.8, 4) is 0 Å². The van der Waals surface area contributed by atoms with Crippen LogP contribution in [0.15, 0.2) is 106 Å². The smallest absolute Gasteiger partial charge is 0.394 e. The molecular formula is C31H32F2O5S2. The Kier molecular flexibility index (Phi) is 6.44. The lowest BCUT2D eigenvalue weighted by Gasteiger charge is -2.68. The maximum atomic E-state index is 17.4. The molecule has 1 atom stereocenters. The van der Waals surface area contributed by atoms with Crippen LogP contribution >= 0.6 is 10.0 Å². The summed E-state index contributed by atoms with van der Waals surface area (Å²) in [6.07, 6.45) is 3.03. The van der Waals surface area contributed by atoms with Gasteiger partial charge in [0.15, 0.2) is 4.75 Å². The summed E-state index contributed by atoms with van der Waals surface area (Å²) in [6.45, 7) is 0. The van der Waals surface area contributed by atoms with Crippen LogP contribution in [0.4, 0.5) is 8.78 Å². The maximum absolute atomic E-state index is 17.4. The molecule has 212 valence electrons. The van der Waals surface area contributed by atoms with E-state index in [-0.39, 0.29) is 37.0 Å². The summed E-state index contributed by atoms with van der Waals surface area (Å²) in [5.74, 6) is -1.80. The van der Waals surface area contributed by atoms with Gasteiger partial charge in [-0.2, -0.15) is 17.2 Å². The number of carboxylic acids is 1. The Bertz CT molecular complexity index is 1380. The number of alkyl halides is 2. The number of carbonyl (C=O) groups is 1. The van der Waals surface area contributed by atoms with Crippen molar-refractivity contribution in [1.29, 1.82) is 0 Å². The number of halogens is 2. The molecular weight excluding hydrogens is 554 g/mol. The monoisotopic (exact) mass is 586 g/mol. The molecule has 4 saturated carbocycles. The lowest BCUT2D eigenvalue weighted by molar-refractivity contribution is -0.170. The number of rotatable bonds is 8. The Labute approximate surface area is 234 Å². The Morgan fingerprint density at radius 3 is 1.30 bits per heavy atom. The number of hydrogen-bond donors (Lipinski definition) is 2. The van der Waals surface area contributed by atoms with Crippen LogP contribution in [-0.4, -0.2) is 34.0 Å². The van der Waals surface area contributed by atoms with E-state index in [1.807, 2.05) is 0 Å². The van der Waals surface area contributed by atoms with Gasteiger partial charge < -0.3 is 5.11 Å². The fourth-order valence-electron chi connectivity index (χ4n) is 8.83. The van der Waals surface area contributed by atoms with Gasteiger partial charge in [0.05, 0.1) is 0 Å². The fraction of sp³-hybridized carbons (Fsp3) is 0.387. The van der Waals surface area contributed by atoms with Crippen molar-refractivity contribution in [3.05, 3.63) is 91.0 Å².